The molecule has 1 amide bonds. The second kappa shape index (κ2) is 7.39. The normalized spacial score (nSPS) is 18.6. The van der Waals surface area contributed by atoms with Crippen LogP contribution in [0.3, 0.4) is 0 Å². The number of carbonyl (C=O) groups excluding carboxylic acids is 1. The van der Waals surface area contributed by atoms with E-state index >= 15 is 0 Å². The lowest BCUT2D eigenvalue weighted by Crippen LogP contribution is -2.41. The van der Waals surface area contributed by atoms with Crippen LogP contribution in [-0.4, -0.2) is 52.0 Å². The van der Waals surface area contributed by atoms with Crippen molar-refractivity contribution in [1.82, 2.24) is 5.32 Å². The van der Waals surface area contributed by atoms with Gasteiger partial charge in [0.05, 0.1) is 6.42 Å². The van der Waals surface area contributed by atoms with Crippen molar-refractivity contribution in [3.05, 3.63) is 0 Å². The molecule has 0 bridgehead atoms. The SMILES string of the molecule is O=C(O)CCS(=O)CC(=O)NC1CCOCC1. The lowest BCUT2D eigenvalue weighted by atomic mass is 10.1. The van der Waals surface area contributed by atoms with Gasteiger partial charge in [-0.15, -0.1) is 0 Å². The fourth-order valence-corrected chi connectivity index (χ4v) is 2.45. The summed E-state index contributed by atoms with van der Waals surface area (Å²) in [6.45, 7) is 1.26. The Hall–Kier alpha value is -0.950. The quantitative estimate of drug-likeness (QED) is 0.674. The van der Waals surface area contributed by atoms with Gasteiger partial charge in [0.2, 0.25) is 5.91 Å². The van der Waals surface area contributed by atoms with Gasteiger partial charge < -0.3 is 15.2 Å². The highest BCUT2D eigenvalue weighted by Gasteiger charge is 2.17. The van der Waals surface area contributed by atoms with Crippen LogP contribution < -0.4 is 5.32 Å². The summed E-state index contributed by atoms with van der Waals surface area (Å²) in [4.78, 5) is 21.7. The summed E-state index contributed by atoms with van der Waals surface area (Å²) in [5.41, 5.74) is 0. The molecule has 1 atom stereocenters. The Kier molecular flexibility index (Phi) is 6.13. The van der Waals surface area contributed by atoms with E-state index in [1.165, 1.54) is 0 Å². The molecular formula is C10H17NO5S. The molecule has 1 saturated heterocycles. The first-order chi connectivity index (χ1) is 8.08. The minimum absolute atomic E-state index is 0.0243. The van der Waals surface area contributed by atoms with E-state index in [9.17, 15) is 13.8 Å². The molecule has 6 nitrogen and oxygen atoms in total. The van der Waals surface area contributed by atoms with Crippen LogP contribution in [0.4, 0.5) is 0 Å². The standard InChI is InChI=1S/C10H17NO5S/c12-9(7-17(15)6-3-10(13)14)11-8-1-4-16-5-2-8/h8H,1-7H2,(H,11,12)(H,13,14). The van der Waals surface area contributed by atoms with Crippen LogP contribution in [0.25, 0.3) is 0 Å². The highest BCUT2D eigenvalue weighted by molar-refractivity contribution is 7.85. The molecule has 1 heterocycles. The minimum atomic E-state index is -1.40. The Morgan fingerprint density at radius 1 is 1.35 bits per heavy atom. The molecule has 2 N–H and O–H groups in total. The van der Waals surface area contributed by atoms with E-state index in [1.54, 1.807) is 0 Å². The lowest BCUT2D eigenvalue weighted by molar-refractivity contribution is -0.136. The number of aliphatic carboxylic acids is 1. The predicted octanol–water partition coefficient (Wildman–Crippen LogP) is -0.495. The second-order valence-electron chi connectivity index (χ2n) is 3.89. The number of nitrogens with one attached hydrogen (secondary N) is 1. The Morgan fingerprint density at radius 2 is 2.00 bits per heavy atom. The molecule has 0 spiro atoms. The zero-order chi connectivity index (χ0) is 12.7. The number of ether oxygens (including phenoxy) is 1. The van der Waals surface area contributed by atoms with Crippen molar-refractivity contribution in [1.29, 1.82) is 0 Å². The van der Waals surface area contributed by atoms with Crippen molar-refractivity contribution in [3.8, 4) is 0 Å². The van der Waals surface area contributed by atoms with E-state index in [4.69, 9.17) is 9.84 Å². The van der Waals surface area contributed by atoms with Crippen molar-refractivity contribution in [2.24, 2.45) is 0 Å². The molecule has 0 aliphatic carbocycles. The van der Waals surface area contributed by atoms with Crippen LogP contribution in [0.2, 0.25) is 0 Å². The van der Waals surface area contributed by atoms with Crippen molar-refractivity contribution < 1.29 is 23.6 Å². The van der Waals surface area contributed by atoms with Gasteiger partial charge in [0.1, 0.15) is 5.75 Å². The Labute approximate surface area is 102 Å². The van der Waals surface area contributed by atoms with Crippen LogP contribution in [0, 0.1) is 0 Å². The molecule has 0 saturated carbocycles. The maximum atomic E-state index is 11.5. The molecule has 1 aliphatic rings. The smallest absolute Gasteiger partial charge is 0.304 e. The number of hydrogen-bond acceptors (Lipinski definition) is 4. The van der Waals surface area contributed by atoms with Gasteiger partial charge in [0.15, 0.2) is 0 Å². The van der Waals surface area contributed by atoms with Crippen molar-refractivity contribution >= 4 is 22.7 Å². The molecule has 0 radical (unpaired) electrons. The van der Waals surface area contributed by atoms with Gasteiger partial charge in [0, 0.05) is 35.8 Å². The largest absolute Gasteiger partial charge is 0.481 e. The van der Waals surface area contributed by atoms with Crippen LogP contribution >= 0.6 is 0 Å². The summed E-state index contributed by atoms with van der Waals surface area (Å²) >= 11 is 0. The van der Waals surface area contributed by atoms with E-state index in [-0.39, 0.29) is 29.9 Å². The molecule has 0 aromatic carbocycles. The van der Waals surface area contributed by atoms with Crippen LogP contribution in [0.15, 0.2) is 0 Å². The van der Waals surface area contributed by atoms with Gasteiger partial charge in [-0.1, -0.05) is 0 Å². The van der Waals surface area contributed by atoms with E-state index < -0.39 is 16.8 Å². The summed E-state index contributed by atoms with van der Waals surface area (Å²) in [6, 6.07) is 0.0905. The topological polar surface area (TPSA) is 92.7 Å². The zero-order valence-electron chi connectivity index (χ0n) is 9.52. The molecule has 1 rings (SSSR count). The van der Waals surface area contributed by atoms with Crippen molar-refractivity contribution in [2.45, 2.75) is 25.3 Å². The Morgan fingerprint density at radius 3 is 2.59 bits per heavy atom. The number of carboxylic acid groups (broad SMARTS) is 1. The summed E-state index contributed by atoms with van der Waals surface area (Å²) in [5.74, 6) is -1.37. The van der Waals surface area contributed by atoms with Gasteiger partial charge in [-0.3, -0.25) is 13.8 Å². The summed E-state index contributed by atoms with van der Waals surface area (Å²) < 4.78 is 16.5. The number of hydrogen-bond donors (Lipinski definition) is 2. The monoisotopic (exact) mass is 263 g/mol. The fourth-order valence-electron chi connectivity index (χ4n) is 1.53. The van der Waals surface area contributed by atoms with Crippen molar-refractivity contribution in [3.63, 3.8) is 0 Å². The third kappa shape index (κ3) is 6.38. The average molecular weight is 263 g/mol. The summed E-state index contributed by atoms with van der Waals surface area (Å²) in [7, 11) is -1.40. The van der Waals surface area contributed by atoms with E-state index in [2.05, 4.69) is 5.32 Å². The van der Waals surface area contributed by atoms with Crippen LogP contribution in [0.1, 0.15) is 19.3 Å². The maximum absolute atomic E-state index is 11.5. The summed E-state index contributed by atoms with van der Waals surface area (Å²) in [6.07, 6.45) is 1.37. The maximum Gasteiger partial charge on any atom is 0.304 e. The van der Waals surface area contributed by atoms with Crippen molar-refractivity contribution in [2.75, 3.05) is 24.7 Å². The molecule has 0 aromatic heterocycles. The molecule has 1 unspecified atom stereocenters. The van der Waals surface area contributed by atoms with Crippen LogP contribution in [0.5, 0.6) is 0 Å². The molecule has 1 aliphatic heterocycles. The molecule has 7 heteroatoms. The Balaban J connectivity index is 2.19. The first kappa shape index (κ1) is 14.1. The van der Waals surface area contributed by atoms with Gasteiger partial charge in [0.25, 0.3) is 0 Å². The lowest BCUT2D eigenvalue weighted by Gasteiger charge is -2.22. The van der Waals surface area contributed by atoms with E-state index in [0.29, 0.717) is 13.2 Å². The van der Waals surface area contributed by atoms with Gasteiger partial charge in [-0.2, -0.15) is 0 Å². The molecule has 98 valence electrons. The number of carbonyl (C=O) groups is 2. The number of carboxylic acids is 1. The average Bonchev–Trinajstić information content (AvgIpc) is 2.27. The minimum Gasteiger partial charge on any atom is -0.481 e. The molecule has 0 aromatic rings. The predicted molar refractivity (Wildman–Crippen MR) is 62.1 cm³/mol. The first-order valence-electron chi connectivity index (χ1n) is 5.52. The molecule has 1 fully saturated rings. The number of amides is 1. The first-order valence-corrected chi connectivity index (χ1v) is 7.00. The van der Waals surface area contributed by atoms with Gasteiger partial charge >= 0.3 is 5.97 Å². The highest BCUT2D eigenvalue weighted by Crippen LogP contribution is 2.05. The Bertz CT molecular complexity index is 301. The zero-order valence-corrected chi connectivity index (χ0v) is 10.3. The van der Waals surface area contributed by atoms with Crippen LogP contribution in [-0.2, 0) is 25.1 Å². The fraction of sp³-hybridized carbons (Fsp3) is 0.800. The van der Waals surface area contributed by atoms with Gasteiger partial charge in [-0.25, -0.2) is 0 Å². The third-order valence-corrected chi connectivity index (χ3v) is 3.67. The molecule has 17 heavy (non-hydrogen) atoms. The van der Waals surface area contributed by atoms with E-state index in [1.807, 2.05) is 0 Å². The molecular weight excluding hydrogens is 246 g/mol. The van der Waals surface area contributed by atoms with Gasteiger partial charge in [-0.05, 0) is 12.8 Å². The summed E-state index contributed by atoms with van der Waals surface area (Å²) in [5, 5.41) is 11.2. The van der Waals surface area contributed by atoms with E-state index in [0.717, 1.165) is 12.8 Å². The third-order valence-electron chi connectivity index (χ3n) is 2.42. The second-order valence-corrected chi connectivity index (χ2v) is 5.46. The highest BCUT2D eigenvalue weighted by atomic mass is 32.2. The number of rotatable bonds is 6.